The number of rotatable bonds is 4. The summed E-state index contributed by atoms with van der Waals surface area (Å²) < 4.78 is 10.6. The van der Waals surface area contributed by atoms with E-state index in [4.69, 9.17) is 9.47 Å². The molecule has 0 saturated carbocycles. The van der Waals surface area contributed by atoms with Crippen LogP contribution in [0.3, 0.4) is 0 Å². The fourth-order valence-electron chi connectivity index (χ4n) is 2.31. The molecular weight excluding hydrogens is 166 g/mol. The second-order valence-electron chi connectivity index (χ2n) is 3.80. The van der Waals surface area contributed by atoms with Crippen LogP contribution >= 0.6 is 0 Å². The predicted octanol–water partition coefficient (Wildman–Crippen LogP) is 1.03. The molecular formula is C10H21NO2. The van der Waals surface area contributed by atoms with Gasteiger partial charge in [-0.2, -0.15) is 0 Å². The van der Waals surface area contributed by atoms with Crippen LogP contribution in [-0.2, 0) is 9.47 Å². The van der Waals surface area contributed by atoms with Crippen molar-refractivity contribution in [2.24, 2.45) is 5.92 Å². The van der Waals surface area contributed by atoms with Crippen LogP contribution in [0.1, 0.15) is 20.3 Å². The van der Waals surface area contributed by atoms with Crippen molar-refractivity contribution in [3.8, 4) is 0 Å². The van der Waals surface area contributed by atoms with Gasteiger partial charge in [-0.15, -0.1) is 0 Å². The highest BCUT2D eigenvalue weighted by molar-refractivity contribution is 4.95. The van der Waals surface area contributed by atoms with Crippen molar-refractivity contribution >= 4 is 0 Å². The first-order chi connectivity index (χ1) is 6.24. The lowest BCUT2D eigenvalue weighted by atomic mass is 9.97. The zero-order valence-electron chi connectivity index (χ0n) is 9.04. The van der Waals surface area contributed by atoms with Crippen LogP contribution in [0.2, 0.25) is 0 Å². The molecule has 0 unspecified atom stereocenters. The Morgan fingerprint density at radius 3 is 2.38 bits per heavy atom. The molecule has 13 heavy (non-hydrogen) atoms. The number of hydrogen-bond donors (Lipinski definition) is 1. The first kappa shape index (κ1) is 11.0. The maximum atomic E-state index is 5.48. The molecule has 1 aliphatic heterocycles. The summed E-state index contributed by atoms with van der Waals surface area (Å²) in [6.45, 7) is 5.18. The molecule has 1 aliphatic rings. The van der Waals surface area contributed by atoms with Crippen molar-refractivity contribution in [1.82, 2.24) is 5.32 Å². The van der Waals surface area contributed by atoms with Gasteiger partial charge in [-0.3, -0.25) is 0 Å². The third kappa shape index (κ3) is 2.22. The SMILES string of the molecule is CC[C@@H]1N[C@@H](COC)[C@@H](OC)[C@@H]1C. The van der Waals surface area contributed by atoms with E-state index in [-0.39, 0.29) is 0 Å². The number of hydrogen-bond acceptors (Lipinski definition) is 3. The molecule has 0 aromatic rings. The van der Waals surface area contributed by atoms with Gasteiger partial charge in [-0.1, -0.05) is 13.8 Å². The Balaban J connectivity index is 2.55. The topological polar surface area (TPSA) is 30.5 Å². The van der Waals surface area contributed by atoms with Crippen LogP contribution in [0.15, 0.2) is 0 Å². The van der Waals surface area contributed by atoms with Gasteiger partial charge in [0, 0.05) is 20.3 Å². The number of methoxy groups -OCH3 is 2. The van der Waals surface area contributed by atoms with Crippen LogP contribution in [0, 0.1) is 5.92 Å². The molecule has 0 bridgehead atoms. The first-order valence-electron chi connectivity index (χ1n) is 5.02. The van der Waals surface area contributed by atoms with E-state index in [9.17, 15) is 0 Å². The summed E-state index contributed by atoms with van der Waals surface area (Å²) in [6, 6.07) is 0.931. The molecule has 1 rings (SSSR count). The minimum absolute atomic E-state index is 0.296. The second-order valence-corrected chi connectivity index (χ2v) is 3.80. The minimum Gasteiger partial charge on any atom is -0.383 e. The number of ether oxygens (including phenoxy) is 2. The quantitative estimate of drug-likeness (QED) is 0.713. The summed E-state index contributed by atoms with van der Waals surface area (Å²) in [5, 5.41) is 3.54. The summed E-state index contributed by atoms with van der Waals surface area (Å²) in [5.74, 6) is 0.579. The van der Waals surface area contributed by atoms with Crippen LogP contribution in [0.4, 0.5) is 0 Å². The molecule has 0 radical (unpaired) electrons. The molecule has 0 aliphatic carbocycles. The molecule has 1 N–H and O–H groups in total. The molecule has 1 saturated heterocycles. The van der Waals surface area contributed by atoms with Crippen LogP contribution < -0.4 is 5.32 Å². The Kier molecular flexibility index (Phi) is 4.16. The lowest BCUT2D eigenvalue weighted by molar-refractivity contribution is 0.0360. The van der Waals surface area contributed by atoms with Gasteiger partial charge in [0.05, 0.1) is 18.8 Å². The van der Waals surface area contributed by atoms with E-state index in [0.29, 0.717) is 24.1 Å². The van der Waals surface area contributed by atoms with E-state index in [1.165, 1.54) is 0 Å². The first-order valence-corrected chi connectivity index (χ1v) is 5.02. The minimum atomic E-state index is 0.296. The average molecular weight is 187 g/mol. The lowest BCUT2D eigenvalue weighted by Crippen LogP contribution is -2.37. The second kappa shape index (κ2) is 4.94. The molecule has 0 spiro atoms. The van der Waals surface area contributed by atoms with E-state index in [2.05, 4.69) is 19.2 Å². The van der Waals surface area contributed by atoms with E-state index < -0.39 is 0 Å². The van der Waals surface area contributed by atoms with Gasteiger partial charge >= 0.3 is 0 Å². The van der Waals surface area contributed by atoms with Gasteiger partial charge < -0.3 is 14.8 Å². The fraction of sp³-hybridized carbons (Fsp3) is 1.00. The summed E-state index contributed by atoms with van der Waals surface area (Å²) in [4.78, 5) is 0. The standard InChI is InChI=1S/C10H21NO2/c1-5-8-7(2)10(13-4)9(11-8)6-12-3/h7-11H,5-6H2,1-4H3/t7-,8+,9+,10+/m1/s1. The van der Waals surface area contributed by atoms with Crippen LogP contribution in [-0.4, -0.2) is 39.0 Å². The van der Waals surface area contributed by atoms with Crippen molar-refractivity contribution in [3.63, 3.8) is 0 Å². The molecule has 3 heteroatoms. The maximum absolute atomic E-state index is 5.48. The maximum Gasteiger partial charge on any atom is 0.0787 e. The molecule has 1 heterocycles. The monoisotopic (exact) mass is 187 g/mol. The molecule has 78 valence electrons. The Hall–Kier alpha value is -0.120. The Labute approximate surface area is 80.8 Å². The molecule has 4 atom stereocenters. The van der Waals surface area contributed by atoms with Crippen molar-refractivity contribution in [1.29, 1.82) is 0 Å². The summed E-state index contributed by atoms with van der Waals surface area (Å²) >= 11 is 0. The zero-order chi connectivity index (χ0) is 9.84. The fourth-order valence-corrected chi connectivity index (χ4v) is 2.31. The van der Waals surface area contributed by atoms with Crippen molar-refractivity contribution in [3.05, 3.63) is 0 Å². The Morgan fingerprint density at radius 1 is 1.23 bits per heavy atom. The van der Waals surface area contributed by atoms with E-state index in [1.807, 2.05) is 0 Å². The van der Waals surface area contributed by atoms with E-state index in [1.54, 1.807) is 14.2 Å². The van der Waals surface area contributed by atoms with E-state index >= 15 is 0 Å². The van der Waals surface area contributed by atoms with Crippen molar-refractivity contribution in [2.75, 3.05) is 20.8 Å². The molecule has 0 aromatic carbocycles. The van der Waals surface area contributed by atoms with Gasteiger partial charge in [0.1, 0.15) is 0 Å². The Bertz CT molecular complexity index is 152. The summed E-state index contributed by atoms with van der Waals surface area (Å²) in [5.41, 5.74) is 0. The third-order valence-corrected chi connectivity index (χ3v) is 3.04. The average Bonchev–Trinajstić information content (AvgIpc) is 2.43. The van der Waals surface area contributed by atoms with Gasteiger partial charge in [-0.05, 0) is 12.3 Å². The molecule has 0 aromatic heterocycles. The highest BCUT2D eigenvalue weighted by atomic mass is 16.5. The van der Waals surface area contributed by atoms with Crippen LogP contribution in [0.5, 0.6) is 0 Å². The third-order valence-electron chi connectivity index (χ3n) is 3.04. The molecule has 0 amide bonds. The zero-order valence-corrected chi connectivity index (χ0v) is 9.04. The van der Waals surface area contributed by atoms with Crippen molar-refractivity contribution < 1.29 is 9.47 Å². The van der Waals surface area contributed by atoms with Crippen LogP contribution in [0.25, 0.3) is 0 Å². The predicted molar refractivity (Wildman–Crippen MR) is 52.8 cm³/mol. The normalized spacial score (nSPS) is 39.7. The lowest BCUT2D eigenvalue weighted by Gasteiger charge is -2.19. The Morgan fingerprint density at radius 2 is 1.92 bits per heavy atom. The van der Waals surface area contributed by atoms with Gasteiger partial charge in [0.15, 0.2) is 0 Å². The summed E-state index contributed by atoms with van der Waals surface area (Å²) in [6.07, 6.45) is 1.45. The summed E-state index contributed by atoms with van der Waals surface area (Å²) in [7, 11) is 3.52. The highest BCUT2D eigenvalue weighted by Gasteiger charge is 2.39. The van der Waals surface area contributed by atoms with Crippen molar-refractivity contribution in [2.45, 2.75) is 38.5 Å². The van der Waals surface area contributed by atoms with Gasteiger partial charge in [0.25, 0.3) is 0 Å². The smallest absolute Gasteiger partial charge is 0.0787 e. The molecule has 1 fully saturated rings. The molecule has 3 nitrogen and oxygen atoms in total. The number of nitrogens with one attached hydrogen (secondary N) is 1. The highest BCUT2D eigenvalue weighted by Crippen LogP contribution is 2.25. The van der Waals surface area contributed by atoms with E-state index in [0.717, 1.165) is 13.0 Å². The van der Waals surface area contributed by atoms with Gasteiger partial charge in [0.2, 0.25) is 0 Å². The largest absolute Gasteiger partial charge is 0.383 e. The van der Waals surface area contributed by atoms with Gasteiger partial charge in [-0.25, -0.2) is 0 Å².